The topological polar surface area (TPSA) is 59.0 Å². The number of nitrogens with one attached hydrogen (secondary N) is 2. The van der Waals surface area contributed by atoms with Crippen LogP contribution in [0.2, 0.25) is 0 Å². The molecule has 0 saturated carbocycles. The maximum absolute atomic E-state index is 11.6. The van der Waals surface area contributed by atoms with Crippen LogP contribution in [0.15, 0.2) is 6.07 Å². The van der Waals surface area contributed by atoms with Crippen molar-refractivity contribution in [1.82, 2.24) is 20.4 Å². The van der Waals surface area contributed by atoms with Gasteiger partial charge in [0.2, 0.25) is 5.91 Å². The van der Waals surface area contributed by atoms with Gasteiger partial charge in [-0.25, -0.2) is 0 Å². The average Bonchev–Trinajstić information content (AvgIpc) is 2.68. The number of aryl methyl sites for hydroxylation is 2. The number of amides is 1. The highest BCUT2D eigenvalue weighted by molar-refractivity contribution is 5.81. The predicted octanol–water partition coefficient (Wildman–Crippen LogP) is 1.07. The molecule has 1 rings (SSSR count). The normalized spacial score (nSPS) is 11.6. The van der Waals surface area contributed by atoms with E-state index in [1.807, 2.05) is 25.5 Å². The Hall–Kier alpha value is -1.36. The molecule has 0 aliphatic carbocycles. The first-order valence-corrected chi connectivity index (χ1v) is 6.37. The average molecular weight is 252 g/mol. The Morgan fingerprint density at radius 2 is 2.17 bits per heavy atom. The van der Waals surface area contributed by atoms with Crippen molar-refractivity contribution >= 4 is 5.91 Å². The fraction of sp³-hybridized carbons (Fsp3) is 0.692. The van der Waals surface area contributed by atoms with E-state index in [0.717, 1.165) is 24.5 Å². The maximum atomic E-state index is 11.6. The van der Waals surface area contributed by atoms with Crippen LogP contribution >= 0.6 is 0 Å². The van der Waals surface area contributed by atoms with E-state index in [9.17, 15) is 4.79 Å². The van der Waals surface area contributed by atoms with E-state index in [1.165, 1.54) is 0 Å². The first-order valence-electron chi connectivity index (χ1n) is 6.37. The summed E-state index contributed by atoms with van der Waals surface area (Å²) < 4.78 is 1.98. The fourth-order valence-corrected chi connectivity index (χ4v) is 1.94. The smallest absolute Gasteiger partial charge is 0.226 e. The van der Waals surface area contributed by atoms with Gasteiger partial charge in [0.15, 0.2) is 0 Å². The molecule has 1 heterocycles. The van der Waals surface area contributed by atoms with Crippen molar-refractivity contribution in [2.75, 3.05) is 13.6 Å². The van der Waals surface area contributed by atoms with Crippen molar-refractivity contribution in [2.45, 2.75) is 40.8 Å². The molecule has 102 valence electrons. The maximum Gasteiger partial charge on any atom is 0.226 e. The molecule has 5 heteroatoms. The molecule has 0 saturated heterocycles. The van der Waals surface area contributed by atoms with E-state index in [2.05, 4.69) is 28.7 Å². The summed E-state index contributed by atoms with van der Waals surface area (Å²) in [7, 11) is 1.67. The minimum Gasteiger partial charge on any atom is -0.359 e. The molecule has 1 aromatic rings. The van der Waals surface area contributed by atoms with Gasteiger partial charge in [0, 0.05) is 26.7 Å². The molecule has 0 aromatic carbocycles. The van der Waals surface area contributed by atoms with Crippen LogP contribution in [0.3, 0.4) is 0 Å². The Kier molecular flexibility index (Phi) is 4.90. The second-order valence-electron chi connectivity index (χ2n) is 5.16. The first kappa shape index (κ1) is 14.7. The van der Waals surface area contributed by atoms with Gasteiger partial charge >= 0.3 is 0 Å². The Morgan fingerprint density at radius 3 is 2.72 bits per heavy atom. The van der Waals surface area contributed by atoms with Gasteiger partial charge in [-0.2, -0.15) is 5.10 Å². The van der Waals surface area contributed by atoms with Crippen molar-refractivity contribution in [3.63, 3.8) is 0 Å². The monoisotopic (exact) mass is 252 g/mol. The molecule has 0 aliphatic heterocycles. The Morgan fingerprint density at radius 1 is 1.50 bits per heavy atom. The van der Waals surface area contributed by atoms with Gasteiger partial charge in [0.05, 0.1) is 16.8 Å². The van der Waals surface area contributed by atoms with Crippen LogP contribution in [0.1, 0.15) is 32.2 Å². The molecule has 18 heavy (non-hydrogen) atoms. The van der Waals surface area contributed by atoms with Gasteiger partial charge in [0.25, 0.3) is 0 Å². The van der Waals surface area contributed by atoms with Crippen molar-refractivity contribution in [3.8, 4) is 0 Å². The summed E-state index contributed by atoms with van der Waals surface area (Å²) in [5, 5.41) is 10.4. The molecule has 0 atom stereocenters. The first-order chi connectivity index (χ1) is 8.40. The van der Waals surface area contributed by atoms with Crippen LogP contribution in [0.5, 0.6) is 0 Å². The summed E-state index contributed by atoms with van der Waals surface area (Å²) in [5.74, 6) is 0.0511. The van der Waals surface area contributed by atoms with Crippen LogP contribution in [-0.4, -0.2) is 29.3 Å². The number of carbonyl (C=O) groups is 1. The van der Waals surface area contributed by atoms with Gasteiger partial charge in [-0.15, -0.1) is 0 Å². The molecule has 1 amide bonds. The van der Waals surface area contributed by atoms with Crippen molar-refractivity contribution in [2.24, 2.45) is 5.41 Å². The molecule has 1 aromatic heterocycles. The van der Waals surface area contributed by atoms with Gasteiger partial charge in [-0.05, 0) is 33.8 Å². The number of rotatable bonds is 6. The minimum absolute atomic E-state index is 0.0511. The van der Waals surface area contributed by atoms with Crippen molar-refractivity contribution in [1.29, 1.82) is 0 Å². The SMILES string of the molecule is CCn1nc(C)cc1CNCC(C)(C)C(=O)NC. The number of hydrogen-bond acceptors (Lipinski definition) is 3. The predicted molar refractivity (Wildman–Crippen MR) is 72.2 cm³/mol. The van der Waals surface area contributed by atoms with Crippen LogP contribution in [0.25, 0.3) is 0 Å². The molecular weight excluding hydrogens is 228 g/mol. The van der Waals surface area contributed by atoms with Gasteiger partial charge in [0.1, 0.15) is 0 Å². The quantitative estimate of drug-likeness (QED) is 0.796. The Bertz CT molecular complexity index is 409. The van der Waals surface area contributed by atoms with Crippen LogP contribution in [0.4, 0.5) is 0 Å². The van der Waals surface area contributed by atoms with Gasteiger partial charge in [-0.1, -0.05) is 0 Å². The Labute approximate surface area is 109 Å². The number of nitrogens with zero attached hydrogens (tertiary/aromatic N) is 2. The molecule has 5 nitrogen and oxygen atoms in total. The molecule has 0 radical (unpaired) electrons. The summed E-state index contributed by atoms with van der Waals surface area (Å²) in [5.41, 5.74) is 1.78. The highest BCUT2D eigenvalue weighted by atomic mass is 16.2. The highest BCUT2D eigenvalue weighted by Crippen LogP contribution is 2.13. The lowest BCUT2D eigenvalue weighted by Gasteiger charge is -2.22. The van der Waals surface area contributed by atoms with Crippen LogP contribution in [0, 0.1) is 12.3 Å². The van der Waals surface area contributed by atoms with E-state index in [0.29, 0.717) is 6.54 Å². The van der Waals surface area contributed by atoms with Crippen LogP contribution in [-0.2, 0) is 17.9 Å². The molecule has 0 bridgehead atoms. The lowest BCUT2D eigenvalue weighted by molar-refractivity contribution is -0.128. The van der Waals surface area contributed by atoms with E-state index >= 15 is 0 Å². The minimum atomic E-state index is -0.402. The van der Waals surface area contributed by atoms with E-state index in [4.69, 9.17) is 0 Å². The summed E-state index contributed by atoms with van der Waals surface area (Å²) in [4.78, 5) is 11.6. The molecule has 0 unspecified atom stereocenters. The largest absolute Gasteiger partial charge is 0.359 e. The molecule has 0 spiro atoms. The third-order valence-electron chi connectivity index (χ3n) is 3.00. The molecular formula is C13H24N4O. The molecule has 0 fully saturated rings. The standard InChI is InChI=1S/C13H24N4O/c1-6-17-11(7-10(2)16-17)8-15-9-13(3,4)12(18)14-5/h7,15H,6,8-9H2,1-5H3,(H,14,18). The molecule has 2 N–H and O–H groups in total. The summed E-state index contributed by atoms with van der Waals surface area (Å²) in [6.07, 6.45) is 0. The second-order valence-corrected chi connectivity index (χ2v) is 5.16. The zero-order chi connectivity index (χ0) is 13.8. The lowest BCUT2D eigenvalue weighted by atomic mass is 9.92. The lowest BCUT2D eigenvalue weighted by Crippen LogP contribution is -2.42. The van der Waals surface area contributed by atoms with Crippen LogP contribution < -0.4 is 10.6 Å². The summed E-state index contributed by atoms with van der Waals surface area (Å²) in [6, 6.07) is 2.07. The summed E-state index contributed by atoms with van der Waals surface area (Å²) in [6.45, 7) is 10.2. The third-order valence-corrected chi connectivity index (χ3v) is 3.00. The zero-order valence-electron chi connectivity index (χ0n) is 12.0. The van der Waals surface area contributed by atoms with Crippen molar-refractivity contribution in [3.05, 3.63) is 17.5 Å². The van der Waals surface area contributed by atoms with E-state index < -0.39 is 5.41 Å². The molecule has 0 aliphatic rings. The van der Waals surface area contributed by atoms with Gasteiger partial charge < -0.3 is 10.6 Å². The van der Waals surface area contributed by atoms with E-state index in [1.54, 1.807) is 7.05 Å². The highest BCUT2D eigenvalue weighted by Gasteiger charge is 2.25. The van der Waals surface area contributed by atoms with Crippen molar-refractivity contribution < 1.29 is 4.79 Å². The fourth-order valence-electron chi connectivity index (χ4n) is 1.94. The number of hydrogen-bond donors (Lipinski definition) is 2. The number of aromatic nitrogens is 2. The Balaban J connectivity index is 2.53. The third kappa shape index (κ3) is 3.57. The van der Waals surface area contributed by atoms with E-state index in [-0.39, 0.29) is 5.91 Å². The second kappa shape index (κ2) is 6.00. The zero-order valence-corrected chi connectivity index (χ0v) is 12.0. The summed E-state index contributed by atoms with van der Waals surface area (Å²) >= 11 is 0. The van der Waals surface area contributed by atoms with Gasteiger partial charge in [-0.3, -0.25) is 9.48 Å². The number of carbonyl (C=O) groups excluding carboxylic acids is 1.